The fourth-order valence-electron chi connectivity index (χ4n) is 3.25. The third kappa shape index (κ3) is 5.64. The van der Waals surface area contributed by atoms with Crippen LogP contribution in [0.4, 0.5) is 10.5 Å². The van der Waals surface area contributed by atoms with Gasteiger partial charge in [-0.2, -0.15) is 4.31 Å². The van der Waals surface area contributed by atoms with Gasteiger partial charge in [-0.25, -0.2) is 13.2 Å². The third-order valence-corrected chi connectivity index (χ3v) is 7.27. The number of carbonyl (C=O) groups excluding carboxylic acids is 1. The van der Waals surface area contributed by atoms with Crippen molar-refractivity contribution < 1.29 is 13.2 Å². The summed E-state index contributed by atoms with van der Waals surface area (Å²) in [6.07, 6.45) is 5.04. The molecule has 1 aliphatic carbocycles. The van der Waals surface area contributed by atoms with Crippen LogP contribution < -0.4 is 10.6 Å². The van der Waals surface area contributed by atoms with Crippen molar-refractivity contribution in [3.05, 3.63) is 89.2 Å². The molecule has 0 bridgehead atoms. The lowest BCUT2D eigenvalue weighted by molar-refractivity contribution is 0.251. The van der Waals surface area contributed by atoms with Gasteiger partial charge in [0.05, 0.1) is 4.90 Å². The van der Waals surface area contributed by atoms with Crippen LogP contribution in [-0.4, -0.2) is 29.8 Å². The fourth-order valence-corrected chi connectivity index (χ4v) is 5.05. The maximum absolute atomic E-state index is 13.3. The number of aromatic nitrogens is 1. The quantitative estimate of drug-likeness (QED) is 0.510. The van der Waals surface area contributed by atoms with E-state index in [9.17, 15) is 13.2 Å². The predicted octanol–water partition coefficient (Wildman–Crippen LogP) is 4.41. The molecule has 0 aliphatic heterocycles. The topological polar surface area (TPSA) is 91.4 Å². The van der Waals surface area contributed by atoms with Crippen LogP contribution in [0.2, 0.25) is 5.02 Å². The van der Waals surface area contributed by atoms with Gasteiger partial charge in [0.1, 0.15) is 0 Å². The lowest BCUT2D eigenvalue weighted by atomic mass is 10.2. The number of benzene rings is 2. The number of hydrogen-bond acceptors (Lipinski definition) is 4. The Hall–Kier alpha value is -2.94. The number of hydrogen-bond donors (Lipinski definition) is 2. The average molecular weight is 471 g/mol. The molecule has 0 radical (unpaired) electrons. The first kappa shape index (κ1) is 22.3. The van der Waals surface area contributed by atoms with Crippen molar-refractivity contribution in [2.75, 3.05) is 5.32 Å². The molecule has 0 unspecified atom stereocenters. The molecule has 1 heterocycles. The Labute approximate surface area is 192 Å². The molecule has 0 saturated heterocycles. The van der Waals surface area contributed by atoms with Crippen LogP contribution in [0, 0.1) is 0 Å². The standard InChI is InChI=1S/C23H23ClN4O3S/c24-19-5-3-17(4-6-19)16-28(21-9-10-21)32(30,31)22-11-7-20(8-12-22)27-23(29)26-15-18-2-1-13-25-14-18/h1-8,11-14,21H,9-10,15-16H2,(H2,26,27,29). The van der Waals surface area contributed by atoms with E-state index >= 15 is 0 Å². The summed E-state index contributed by atoms with van der Waals surface area (Å²) >= 11 is 5.94. The highest BCUT2D eigenvalue weighted by Crippen LogP contribution is 2.34. The number of nitrogens with one attached hydrogen (secondary N) is 2. The molecule has 0 atom stereocenters. The molecule has 9 heteroatoms. The summed E-state index contributed by atoms with van der Waals surface area (Å²) in [5.74, 6) is 0. The smallest absolute Gasteiger partial charge is 0.319 e. The molecule has 1 aliphatic rings. The summed E-state index contributed by atoms with van der Waals surface area (Å²) in [7, 11) is -3.67. The summed E-state index contributed by atoms with van der Waals surface area (Å²) in [5.41, 5.74) is 2.27. The van der Waals surface area contributed by atoms with Crippen LogP contribution in [0.15, 0.2) is 78.0 Å². The van der Waals surface area contributed by atoms with Crippen molar-refractivity contribution in [2.24, 2.45) is 0 Å². The number of anilines is 1. The fraction of sp³-hybridized carbons (Fsp3) is 0.217. The Morgan fingerprint density at radius 3 is 2.38 bits per heavy atom. The van der Waals surface area contributed by atoms with Gasteiger partial charge in [0.25, 0.3) is 0 Å². The molecule has 3 aromatic rings. The highest BCUT2D eigenvalue weighted by molar-refractivity contribution is 7.89. The molecule has 1 fully saturated rings. The molecule has 7 nitrogen and oxygen atoms in total. The number of rotatable bonds is 8. The van der Waals surface area contributed by atoms with E-state index in [1.807, 2.05) is 18.2 Å². The zero-order valence-corrected chi connectivity index (χ0v) is 18.8. The van der Waals surface area contributed by atoms with Crippen LogP contribution >= 0.6 is 11.6 Å². The van der Waals surface area contributed by atoms with E-state index in [0.717, 1.165) is 24.0 Å². The molecular weight excluding hydrogens is 448 g/mol. The number of amides is 2. The van der Waals surface area contributed by atoms with Crippen molar-refractivity contribution in [1.82, 2.24) is 14.6 Å². The first-order valence-corrected chi connectivity index (χ1v) is 12.0. The molecule has 2 aromatic carbocycles. The van der Waals surface area contributed by atoms with Gasteiger partial charge in [0.2, 0.25) is 10.0 Å². The summed E-state index contributed by atoms with van der Waals surface area (Å²) in [6, 6.07) is 16.7. The second-order valence-corrected chi connectivity index (χ2v) is 9.93. The molecule has 0 spiro atoms. The van der Waals surface area contributed by atoms with E-state index in [2.05, 4.69) is 15.6 Å². The van der Waals surface area contributed by atoms with Gasteiger partial charge in [-0.1, -0.05) is 29.8 Å². The highest BCUT2D eigenvalue weighted by atomic mass is 35.5. The Morgan fingerprint density at radius 2 is 1.75 bits per heavy atom. The normalized spacial score (nSPS) is 13.7. The lowest BCUT2D eigenvalue weighted by Gasteiger charge is -2.22. The summed E-state index contributed by atoms with van der Waals surface area (Å²) in [6.45, 7) is 0.633. The largest absolute Gasteiger partial charge is 0.334 e. The van der Waals surface area contributed by atoms with Crippen molar-refractivity contribution in [3.63, 3.8) is 0 Å². The van der Waals surface area contributed by atoms with Crippen LogP contribution in [0.5, 0.6) is 0 Å². The lowest BCUT2D eigenvalue weighted by Crippen LogP contribution is -2.32. The second-order valence-electron chi connectivity index (χ2n) is 7.60. The zero-order chi connectivity index (χ0) is 22.6. The van der Waals surface area contributed by atoms with E-state index in [1.54, 1.807) is 47.0 Å². The summed E-state index contributed by atoms with van der Waals surface area (Å²) in [4.78, 5) is 16.3. The van der Waals surface area contributed by atoms with E-state index in [1.165, 1.54) is 12.1 Å². The maximum Gasteiger partial charge on any atom is 0.319 e. The minimum Gasteiger partial charge on any atom is -0.334 e. The van der Waals surface area contributed by atoms with Crippen molar-refractivity contribution >= 4 is 33.3 Å². The minimum absolute atomic E-state index is 0.00623. The third-order valence-electron chi connectivity index (χ3n) is 5.10. The molecule has 1 aromatic heterocycles. The first-order chi connectivity index (χ1) is 15.4. The predicted molar refractivity (Wildman–Crippen MR) is 124 cm³/mol. The molecular formula is C23H23ClN4O3S. The van der Waals surface area contributed by atoms with Crippen molar-refractivity contribution in [2.45, 2.75) is 36.9 Å². The molecule has 32 heavy (non-hydrogen) atoms. The van der Waals surface area contributed by atoms with Crippen LogP contribution in [-0.2, 0) is 23.1 Å². The average Bonchev–Trinajstić information content (AvgIpc) is 3.63. The Balaban J connectivity index is 1.41. The number of urea groups is 1. The Kier molecular flexibility index (Phi) is 6.74. The van der Waals surface area contributed by atoms with Gasteiger partial charge in [-0.3, -0.25) is 4.98 Å². The van der Waals surface area contributed by atoms with Gasteiger partial charge < -0.3 is 10.6 Å². The second kappa shape index (κ2) is 9.68. The van der Waals surface area contributed by atoms with E-state index in [0.29, 0.717) is 23.8 Å². The van der Waals surface area contributed by atoms with Crippen molar-refractivity contribution in [3.8, 4) is 0 Å². The van der Waals surface area contributed by atoms with Crippen LogP contribution in [0.25, 0.3) is 0 Å². The molecule has 1 saturated carbocycles. The maximum atomic E-state index is 13.3. The van der Waals surface area contributed by atoms with Crippen molar-refractivity contribution in [1.29, 1.82) is 0 Å². The van der Waals surface area contributed by atoms with E-state index < -0.39 is 10.0 Å². The van der Waals surface area contributed by atoms with E-state index in [4.69, 9.17) is 11.6 Å². The van der Waals surface area contributed by atoms with Crippen LogP contribution in [0.1, 0.15) is 24.0 Å². The first-order valence-electron chi connectivity index (χ1n) is 10.2. The minimum atomic E-state index is -3.67. The SMILES string of the molecule is O=C(NCc1cccnc1)Nc1ccc(S(=O)(=O)N(Cc2ccc(Cl)cc2)C2CC2)cc1. The van der Waals surface area contributed by atoms with Gasteiger partial charge in [-0.05, 0) is 66.4 Å². The Morgan fingerprint density at radius 1 is 1.03 bits per heavy atom. The number of halogens is 1. The van der Waals surface area contributed by atoms with Gasteiger partial charge in [0, 0.05) is 42.2 Å². The molecule has 2 amide bonds. The molecule has 4 rings (SSSR count). The summed E-state index contributed by atoms with van der Waals surface area (Å²) < 4.78 is 28.1. The molecule has 2 N–H and O–H groups in total. The van der Waals surface area contributed by atoms with E-state index in [-0.39, 0.29) is 17.0 Å². The Bertz CT molecular complexity index is 1170. The zero-order valence-electron chi connectivity index (χ0n) is 17.2. The number of carbonyl (C=O) groups is 1. The summed E-state index contributed by atoms with van der Waals surface area (Å²) in [5, 5.41) is 6.06. The molecule has 166 valence electrons. The monoisotopic (exact) mass is 470 g/mol. The van der Waals surface area contributed by atoms with Crippen LogP contribution in [0.3, 0.4) is 0 Å². The van der Waals surface area contributed by atoms with Gasteiger partial charge in [-0.15, -0.1) is 0 Å². The number of pyridine rings is 1. The van der Waals surface area contributed by atoms with Gasteiger partial charge in [0.15, 0.2) is 0 Å². The number of nitrogens with zero attached hydrogens (tertiary/aromatic N) is 2. The van der Waals surface area contributed by atoms with Gasteiger partial charge >= 0.3 is 6.03 Å². The number of sulfonamides is 1. The highest BCUT2D eigenvalue weighted by Gasteiger charge is 2.38.